The van der Waals surface area contributed by atoms with Crippen molar-refractivity contribution in [3.63, 3.8) is 0 Å². The zero-order valence-corrected chi connectivity index (χ0v) is 38.4. The van der Waals surface area contributed by atoms with Gasteiger partial charge in [0.05, 0.1) is 0 Å². The molecule has 0 spiro atoms. The topological polar surface area (TPSA) is 57.2 Å². The van der Waals surface area contributed by atoms with Crippen molar-refractivity contribution in [2.24, 2.45) is 11.8 Å². The summed E-state index contributed by atoms with van der Waals surface area (Å²) in [6.07, 6.45) is 7.89. The zero-order chi connectivity index (χ0) is 40.0. The molecule has 1 radical (unpaired) electrons. The summed E-state index contributed by atoms with van der Waals surface area (Å²) in [4.78, 5) is 16.9. The number of allylic oxidation sites excluding steroid dienone is 2. The molecule has 2 aromatic heterocycles. The van der Waals surface area contributed by atoms with Crippen LogP contribution in [0.25, 0.3) is 60.1 Å². The van der Waals surface area contributed by atoms with Gasteiger partial charge in [-0.1, -0.05) is 131 Å². The number of benzene rings is 4. The van der Waals surface area contributed by atoms with Gasteiger partial charge in [0.25, 0.3) is 0 Å². The van der Waals surface area contributed by atoms with E-state index in [0.717, 1.165) is 57.1 Å². The molecular formula is C51H62IrN2O2-2. The van der Waals surface area contributed by atoms with E-state index in [1.54, 1.807) is 6.08 Å². The molecule has 0 saturated carbocycles. The van der Waals surface area contributed by atoms with Crippen molar-refractivity contribution in [1.82, 2.24) is 4.98 Å². The van der Waals surface area contributed by atoms with Crippen molar-refractivity contribution in [1.29, 1.82) is 0 Å². The summed E-state index contributed by atoms with van der Waals surface area (Å²) < 4.78 is 6.69. The molecular weight excluding hydrogens is 865 g/mol. The molecule has 0 bridgehead atoms. The molecule has 6 aromatic rings. The van der Waals surface area contributed by atoms with Gasteiger partial charge in [-0.3, -0.25) is 9.78 Å². The number of ketones is 1. The van der Waals surface area contributed by atoms with Crippen LogP contribution in [0, 0.1) is 17.9 Å². The molecule has 4 nitrogen and oxygen atoms in total. The molecule has 0 unspecified atom stereocenters. The maximum atomic E-state index is 12.0. The fourth-order valence-corrected chi connectivity index (χ4v) is 8.35. The molecule has 0 N–H and O–H groups in total. The van der Waals surface area contributed by atoms with Crippen LogP contribution in [-0.2, 0) is 41.1 Å². The second-order valence-corrected chi connectivity index (χ2v) is 18.7. The van der Waals surface area contributed by atoms with Gasteiger partial charge in [-0.05, 0) is 88.6 Å². The third kappa shape index (κ3) is 8.56. The van der Waals surface area contributed by atoms with Crippen LogP contribution in [0.3, 0.4) is 0 Å². The number of carbonyl (C=O) groups is 1. The fourth-order valence-electron chi connectivity index (χ4n) is 8.35. The van der Waals surface area contributed by atoms with Crippen molar-refractivity contribution < 1.29 is 29.3 Å². The van der Waals surface area contributed by atoms with E-state index in [0.29, 0.717) is 5.92 Å². The number of carbonyl (C=O) groups excluding carboxylic acids is 1. The molecule has 1 aliphatic rings. The first-order chi connectivity index (χ1) is 25.9. The van der Waals surface area contributed by atoms with Gasteiger partial charge in [0.1, 0.15) is 11.2 Å². The Morgan fingerprint density at radius 2 is 1.45 bits per heavy atom. The van der Waals surface area contributed by atoms with Gasteiger partial charge in [-0.15, -0.1) is 35.2 Å². The molecule has 299 valence electrons. The summed E-state index contributed by atoms with van der Waals surface area (Å²) in [5, 5.41) is 11.5. The summed E-state index contributed by atoms with van der Waals surface area (Å²) in [6, 6.07) is 26.1. The van der Waals surface area contributed by atoms with Crippen LogP contribution >= 0.6 is 0 Å². The second kappa shape index (κ2) is 16.6. The number of aromatic nitrogens is 1. The van der Waals surface area contributed by atoms with E-state index >= 15 is 0 Å². The van der Waals surface area contributed by atoms with Crippen molar-refractivity contribution in [3.05, 3.63) is 107 Å². The summed E-state index contributed by atoms with van der Waals surface area (Å²) in [5.74, 6) is 0.718. The first kappa shape index (κ1) is 43.3. The number of furan rings is 1. The standard InChI is InChI=1S/C37H36NO.C14H27NO.Ir/c1-35(2,3)29-19-23(18-22-10-8-9-11-24(22)29)33-25-12-13-26-28-20-30-31(37(6,7)16-15-36(30,4)5)21-32(28)39-34(26)27(25)14-17-38-33;1-7-12(8-2)14(16)9-13(10(3)4)15-11(5)6;/h8-14,17,19-21H,15-16H2,1-7H3;9-12H,7-8H2,1-6H3,(H,15,16);/q-1;;/p-1. The van der Waals surface area contributed by atoms with Crippen molar-refractivity contribution in [3.8, 4) is 11.3 Å². The summed E-state index contributed by atoms with van der Waals surface area (Å²) >= 11 is 0. The molecule has 0 fully saturated rings. The van der Waals surface area contributed by atoms with Crippen LogP contribution in [0.4, 0.5) is 0 Å². The van der Waals surface area contributed by atoms with Gasteiger partial charge in [0.15, 0.2) is 5.78 Å². The monoisotopic (exact) mass is 927 g/mol. The minimum atomic E-state index is 0. The van der Waals surface area contributed by atoms with Gasteiger partial charge in [0.2, 0.25) is 0 Å². The summed E-state index contributed by atoms with van der Waals surface area (Å²) in [7, 11) is 0. The number of hydrogen-bond donors (Lipinski definition) is 0. The Labute approximate surface area is 349 Å². The van der Waals surface area contributed by atoms with Crippen LogP contribution in [-0.4, -0.2) is 16.8 Å². The molecule has 0 aliphatic heterocycles. The van der Waals surface area contributed by atoms with Gasteiger partial charge < -0.3 is 9.73 Å². The van der Waals surface area contributed by atoms with Crippen molar-refractivity contribution in [2.45, 2.75) is 138 Å². The largest absolute Gasteiger partial charge is 0.685 e. The van der Waals surface area contributed by atoms with Crippen molar-refractivity contribution in [2.75, 3.05) is 0 Å². The Bertz CT molecular complexity index is 2400. The summed E-state index contributed by atoms with van der Waals surface area (Å²) in [5.41, 5.74) is 9.35. The van der Waals surface area contributed by atoms with E-state index in [4.69, 9.17) is 9.40 Å². The van der Waals surface area contributed by atoms with E-state index in [-0.39, 0.29) is 54.1 Å². The van der Waals surface area contributed by atoms with Gasteiger partial charge >= 0.3 is 0 Å². The van der Waals surface area contributed by atoms with Crippen LogP contribution in [0.2, 0.25) is 0 Å². The molecule has 7 rings (SSSR count). The van der Waals surface area contributed by atoms with Crippen LogP contribution in [0.1, 0.15) is 132 Å². The number of nitrogens with zero attached hydrogens (tertiary/aromatic N) is 2. The number of pyridine rings is 1. The maximum Gasteiger partial charge on any atom is 0.157 e. The smallest absolute Gasteiger partial charge is 0.157 e. The van der Waals surface area contributed by atoms with Crippen LogP contribution in [0.5, 0.6) is 0 Å². The Morgan fingerprint density at radius 1 is 0.839 bits per heavy atom. The Hall–Kier alpha value is -3.79. The molecule has 56 heavy (non-hydrogen) atoms. The van der Waals surface area contributed by atoms with E-state index in [9.17, 15) is 4.79 Å². The minimum Gasteiger partial charge on any atom is -0.685 e. The van der Waals surface area contributed by atoms with Gasteiger partial charge in [-0.25, -0.2) is 0 Å². The molecule has 0 saturated heterocycles. The van der Waals surface area contributed by atoms with Crippen molar-refractivity contribution >= 4 is 49.3 Å². The number of hydrogen-bond acceptors (Lipinski definition) is 3. The summed E-state index contributed by atoms with van der Waals surface area (Å²) in [6.45, 7) is 28.7. The molecule has 0 atom stereocenters. The molecule has 5 heteroatoms. The van der Waals surface area contributed by atoms with Gasteiger partial charge in [-0.2, -0.15) is 5.70 Å². The number of rotatable bonds is 8. The Morgan fingerprint density at radius 3 is 2.05 bits per heavy atom. The molecule has 2 heterocycles. The third-order valence-corrected chi connectivity index (χ3v) is 11.9. The average Bonchev–Trinajstić information content (AvgIpc) is 3.51. The first-order valence-corrected chi connectivity index (χ1v) is 20.6. The first-order valence-electron chi connectivity index (χ1n) is 20.6. The Balaban J connectivity index is 0.000000302. The minimum absolute atomic E-state index is 0. The maximum absolute atomic E-state index is 12.0. The predicted octanol–water partition coefficient (Wildman–Crippen LogP) is 14.7. The SMILES string of the molecule is CC(C)(C)c1cc(-c2nccc3c2ccc2c4cc5c(cc4oc32)C(C)(C)CCC5(C)C)[c-]c2ccccc12.CCC(CC)C(=O)/C=C(\[N-]C(C)C)C(C)C.[Ir]. The van der Waals surface area contributed by atoms with E-state index < -0.39 is 0 Å². The van der Waals surface area contributed by atoms with E-state index in [1.807, 2.05) is 20.0 Å². The van der Waals surface area contributed by atoms with Gasteiger partial charge in [0, 0.05) is 54.1 Å². The Kier molecular flexibility index (Phi) is 12.8. The molecule has 0 amide bonds. The predicted molar refractivity (Wildman–Crippen MR) is 235 cm³/mol. The average molecular weight is 927 g/mol. The van der Waals surface area contributed by atoms with Crippen LogP contribution < -0.4 is 0 Å². The second-order valence-electron chi connectivity index (χ2n) is 18.7. The third-order valence-electron chi connectivity index (χ3n) is 11.9. The van der Waals surface area contributed by atoms with E-state index in [2.05, 4.69) is 148 Å². The molecule has 1 aliphatic carbocycles. The van der Waals surface area contributed by atoms with Crippen LogP contribution in [0.15, 0.2) is 83.1 Å². The fraction of sp³-hybridized carbons (Fsp3) is 0.451. The zero-order valence-electron chi connectivity index (χ0n) is 36.0. The number of fused-ring (bicyclic) bond motifs is 7. The normalized spacial score (nSPS) is 15.3. The molecule has 4 aromatic carbocycles. The van der Waals surface area contributed by atoms with E-state index in [1.165, 1.54) is 45.7 Å². The quantitative estimate of drug-likeness (QED) is 0.113.